The first-order chi connectivity index (χ1) is 19.2. The minimum atomic E-state index is -3.37. The number of carbonyl (C=O) groups is 2. The Bertz CT molecular complexity index is 1250. The SMILES string of the molecule is CCCC(CCCCCCc1ccccc1)CCCC(=O)[C@H]1CC(=O)C#C[C@@H]1c1ccc(S(=O)(=O)C(C)C)cc1. The van der Waals surface area contributed by atoms with Gasteiger partial charge in [-0.15, -0.1) is 0 Å². The van der Waals surface area contributed by atoms with E-state index >= 15 is 0 Å². The Hall–Kier alpha value is -2.71. The highest BCUT2D eigenvalue weighted by molar-refractivity contribution is 7.92. The van der Waals surface area contributed by atoms with Crippen molar-refractivity contribution in [1.82, 2.24) is 0 Å². The van der Waals surface area contributed by atoms with Crippen molar-refractivity contribution >= 4 is 21.4 Å². The molecule has 0 aliphatic heterocycles. The summed E-state index contributed by atoms with van der Waals surface area (Å²) in [4.78, 5) is 25.7. The van der Waals surface area contributed by atoms with Gasteiger partial charge in [-0.05, 0) is 68.2 Å². The van der Waals surface area contributed by atoms with Gasteiger partial charge in [0.05, 0.1) is 16.1 Å². The summed E-state index contributed by atoms with van der Waals surface area (Å²) in [6.45, 7) is 5.55. The van der Waals surface area contributed by atoms with Crippen LogP contribution in [-0.4, -0.2) is 25.2 Å². The first-order valence-corrected chi connectivity index (χ1v) is 16.7. The summed E-state index contributed by atoms with van der Waals surface area (Å²) in [5, 5.41) is -0.504. The third-order valence-corrected chi connectivity index (χ3v) is 10.4. The van der Waals surface area contributed by atoms with Gasteiger partial charge in [0.1, 0.15) is 5.78 Å². The van der Waals surface area contributed by atoms with Crippen LogP contribution in [0.3, 0.4) is 0 Å². The Morgan fingerprint density at radius 1 is 0.900 bits per heavy atom. The van der Waals surface area contributed by atoms with E-state index in [1.807, 2.05) is 0 Å². The van der Waals surface area contributed by atoms with Crippen molar-refractivity contribution in [1.29, 1.82) is 0 Å². The van der Waals surface area contributed by atoms with Gasteiger partial charge >= 0.3 is 0 Å². The van der Waals surface area contributed by atoms with Gasteiger partial charge in [-0.3, -0.25) is 9.59 Å². The van der Waals surface area contributed by atoms with Crippen LogP contribution >= 0.6 is 0 Å². The molecular weight excluding hydrogens is 516 g/mol. The molecule has 1 unspecified atom stereocenters. The van der Waals surface area contributed by atoms with Crippen LogP contribution in [0, 0.1) is 23.7 Å². The summed E-state index contributed by atoms with van der Waals surface area (Å²) in [5.74, 6) is 5.38. The normalized spacial score (nSPS) is 17.9. The van der Waals surface area contributed by atoms with Crippen molar-refractivity contribution in [2.75, 3.05) is 0 Å². The maximum atomic E-state index is 13.3. The molecule has 216 valence electrons. The number of carbonyl (C=O) groups excluding carboxylic acids is 2. The highest BCUT2D eigenvalue weighted by atomic mass is 32.2. The Kier molecular flexibility index (Phi) is 12.7. The molecule has 0 heterocycles. The topological polar surface area (TPSA) is 68.3 Å². The molecule has 3 rings (SSSR count). The van der Waals surface area contributed by atoms with Gasteiger partial charge in [-0.1, -0.05) is 100 Å². The second kappa shape index (κ2) is 15.9. The lowest BCUT2D eigenvalue weighted by molar-refractivity contribution is -0.127. The molecule has 0 saturated carbocycles. The number of aryl methyl sites for hydroxylation is 1. The molecule has 40 heavy (non-hydrogen) atoms. The van der Waals surface area contributed by atoms with Gasteiger partial charge in [-0.2, -0.15) is 0 Å². The Balaban J connectivity index is 1.48. The summed E-state index contributed by atoms with van der Waals surface area (Å²) in [6, 6.07) is 17.4. The molecule has 0 bridgehead atoms. The summed E-state index contributed by atoms with van der Waals surface area (Å²) in [5.41, 5.74) is 2.22. The van der Waals surface area contributed by atoms with E-state index in [9.17, 15) is 18.0 Å². The van der Waals surface area contributed by atoms with Gasteiger partial charge in [0.2, 0.25) is 5.78 Å². The molecule has 3 atom stereocenters. The predicted octanol–water partition coefficient (Wildman–Crippen LogP) is 7.89. The zero-order valence-electron chi connectivity index (χ0n) is 24.5. The molecule has 2 aromatic rings. The molecular formula is C35H46O4S. The molecule has 4 nitrogen and oxygen atoms in total. The average Bonchev–Trinajstić information content (AvgIpc) is 2.95. The van der Waals surface area contributed by atoms with Crippen LogP contribution in [-0.2, 0) is 25.8 Å². The van der Waals surface area contributed by atoms with E-state index in [4.69, 9.17) is 0 Å². The van der Waals surface area contributed by atoms with Crippen LogP contribution in [0.1, 0.15) is 108 Å². The van der Waals surface area contributed by atoms with Crippen LogP contribution in [0.5, 0.6) is 0 Å². The maximum Gasteiger partial charge on any atom is 0.206 e. The minimum Gasteiger partial charge on any atom is -0.299 e. The van der Waals surface area contributed by atoms with Crippen LogP contribution < -0.4 is 0 Å². The standard InChI is InChI=1S/C35H46O4S/c1-4-13-28(14-8-5-6-9-15-29-16-10-7-11-17-29)18-12-19-35(37)34-26-31(36)22-25-33(34)30-20-23-32(24-21-30)40(38,39)27(2)3/h7,10-11,16-17,20-21,23-24,27-28,33-34H,4-6,8-9,12-15,18-19,26H2,1-3H3/t28?,33-,34+/m1/s1. The maximum absolute atomic E-state index is 13.3. The lowest BCUT2D eigenvalue weighted by atomic mass is 9.77. The monoisotopic (exact) mass is 562 g/mol. The van der Waals surface area contributed by atoms with E-state index in [0.29, 0.717) is 12.3 Å². The zero-order chi connectivity index (χ0) is 29.0. The molecule has 1 aliphatic rings. The van der Waals surface area contributed by atoms with Crippen molar-refractivity contribution < 1.29 is 18.0 Å². The smallest absolute Gasteiger partial charge is 0.206 e. The largest absolute Gasteiger partial charge is 0.299 e. The van der Waals surface area contributed by atoms with Crippen molar-refractivity contribution in [3.05, 3.63) is 65.7 Å². The number of unbranched alkanes of at least 4 members (excludes halogenated alkanes) is 3. The summed E-state index contributed by atoms with van der Waals surface area (Å²) >= 11 is 0. The van der Waals surface area contributed by atoms with E-state index in [1.54, 1.807) is 38.1 Å². The highest BCUT2D eigenvalue weighted by Gasteiger charge is 2.32. The first-order valence-electron chi connectivity index (χ1n) is 15.2. The van der Waals surface area contributed by atoms with Crippen molar-refractivity contribution in [3.63, 3.8) is 0 Å². The second-order valence-electron chi connectivity index (χ2n) is 11.6. The summed E-state index contributed by atoms with van der Waals surface area (Å²) in [6.07, 6.45) is 12.2. The fourth-order valence-electron chi connectivity index (χ4n) is 5.73. The lowest BCUT2D eigenvalue weighted by Crippen LogP contribution is -2.27. The fraction of sp³-hybridized carbons (Fsp3) is 0.543. The third kappa shape index (κ3) is 9.44. The molecule has 0 N–H and O–H groups in total. The molecule has 1 aliphatic carbocycles. The molecule has 2 aromatic carbocycles. The van der Waals surface area contributed by atoms with Gasteiger partial charge in [0, 0.05) is 18.8 Å². The van der Waals surface area contributed by atoms with Gasteiger partial charge in [-0.25, -0.2) is 8.42 Å². The Morgan fingerprint density at radius 2 is 1.57 bits per heavy atom. The van der Waals surface area contributed by atoms with Gasteiger partial charge in [0.25, 0.3) is 0 Å². The van der Waals surface area contributed by atoms with E-state index in [2.05, 4.69) is 49.1 Å². The van der Waals surface area contributed by atoms with E-state index < -0.39 is 21.0 Å². The van der Waals surface area contributed by atoms with Crippen molar-refractivity contribution in [3.8, 4) is 11.8 Å². The Morgan fingerprint density at radius 3 is 2.25 bits per heavy atom. The van der Waals surface area contributed by atoms with Crippen molar-refractivity contribution in [2.45, 2.75) is 114 Å². The summed E-state index contributed by atoms with van der Waals surface area (Å²) < 4.78 is 25.0. The molecule has 0 amide bonds. The number of benzene rings is 2. The molecule has 0 radical (unpaired) electrons. The number of hydrogen-bond acceptors (Lipinski definition) is 4. The van der Waals surface area contributed by atoms with Crippen LogP contribution in [0.15, 0.2) is 59.5 Å². The lowest BCUT2D eigenvalue weighted by Gasteiger charge is -2.24. The number of rotatable bonds is 17. The summed E-state index contributed by atoms with van der Waals surface area (Å²) in [7, 11) is -3.37. The molecule has 0 aromatic heterocycles. The average molecular weight is 563 g/mol. The fourth-order valence-corrected chi connectivity index (χ4v) is 6.79. The second-order valence-corrected chi connectivity index (χ2v) is 14.1. The van der Waals surface area contributed by atoms with Crippen LogP contribution in [0.2, 0.25) is 0 Å². The van der Waals surface area contributed by atoms with Crippen molar-refractivity contribution in [2.24, 2.45) is 11.8 Å². The van der Waals surface area contributed by atoms with E-state index in [-0.39, 0.29) is 28.8 Å². The van der Waals surface area contributed by atoms with Crippen LogP contribution in [0.25, 0.3) is 0 Å². The van der Waals surface area contributed by atoms with Crippen LogP contribution in [0.4, 0.5) is 0 Å². The number of ketones is 2. The zero-order valence-corrected chi connectivity index (χ0v) is 25.3. The quantitative estimate of drug-likeness (QED) is 0.112. The Labute approximate surface area is 242 Å². The molecule has 0 saturated heterocycles. The van der Waals surface area contributed by atoms with Gasteiger partial charge in [0.15, 0.2) is 9.84 Å². The number of Topliss-reactive ketones (excluding diaryl/α,β-unsaturated/α-hetero) is 2. The molecule has 0 spiro atoms. The van der Waals surface area contributed by atoms with Gasteiger partial charge < -0.3 is 0 Å². The van der Waals surface area contributed by atoms with E-state index in [1.165, 1.54) is 44.1 Å². The highest BCUT2D eigenvalue weighted by Crippen LogP contribution is 2.33. The predicted molar refractivity (Wildman–Crippen MR) is 163 cm³/mol. The first kappa shape index (κ1) is 31.8. The third-order valence-electron chi connectivity index (χ3n) is 8.18. The minimum absolute atomic E-state index is 0.0994. The number of hydrogen-bond donors (Lipinski definition) is 0. The molecule has 5 heteroatoms. The van der Waals surface area contributed by atoms with E-state index in [0.717, 1.165) is 31.2 Å². The number of sulfone groups is 1. The molecule has 0 fully saturated rings.